The summed E-state index contributed by atoms with van der Waals surface area (Å²) in [6.07, 6.45) is 2.87. The fourth-order valence-electron chi connectivity index (χ4n) is 1.77. The fourth-order valence-corrected chi connectivity index (χ4v) is 2.70. The van der Waals surface area contributed by atoms with Gasteiger partial charge in [-0.2, -0.15) is 0 Å². The van der Waals surface area contributed by atoms with Crippen molar-refractivity contribution in [3.05, 3.63) is 12.7 Å². The molecule has 3 rings (SSSR count). The van der Waals surface area contributed by atoms with Crippen molar-refractivity contribution in [1.82, 2.24) is 19.5 Å². The predicted molar refractivity (Wildman–Crippen MR) is 63.2 cm³/mol. The number of rotatable bonds is 2. The average Bonchev–Trinajstić information content (AvgIpc) is 2.94. The number of aromatic nitrogens is 4. The van der Waals surface area contributed by atoms with Gasteiger partial charge in [0.1, 0.15) is 23.5 Å². The zero-order valence-corrected chi connectivity index (χ0v) is 9.67. The van der Waals surface area contributed by atoms with E-state index in [4.69, 9.17) is 15.6 Å². The van der Waals surface area contributed by atoms with Gasteiger partial charge in [0.05, 0.1) is 12.9 Å². The second kappa shape index (κ2) is 4.13. The van der Waals surface area contributed by atoms with Crippen LogP contribution in [0.5, 0.6) is 0 Å². The van der Waals surface area contributed by atoms with Crippen molar-refractivity contribution < 1.29 is 9.84 Å². The summed E-state index contributed by atoms with van der Waals surface area (Å²) >= 11 is 1.57. The standard InChI is InChI=1S/C9H11N5O2S/c10-8-7-9(12-3-11-8)14(4-13-7)5-2-17-6(1-15)16-5/h3-6,15H,1-2H2,(H2,10,11,12)/t5-,6-/m0/s1. The number of aliphatic hydroxyl groups excluding tert-OH is 1. The second-order valence-electron chi connectivity index (χ2n) is 3.62. The largest absolute Gasteiger partial charge is 0.393 e. The molecule has 0 aliphatic carbocycles. The number of nitrogens with two attached hydrogens (primary N) is 1. The van der Waals surface area contributed by atoms with Gasteiger partial charge in [-0.3, -0.25) is 4.57 Å². The van der Waals surface area contributed by atoms with E-state index in [1.165, 1.54) is 6.33 Å². The van der Waals surface area contributed by atoms with E-state index in [0.717, 1.165) is 5.75 Å². The molecule has 1 aliphatic heterocycles. The number of nitrogen functional groups attached to an aromatic ring is 1. The predicted octanol–water partition coefficient (Wildman–Crippen LogP) is -0.0111. The Kier molecular flexibility index (Phi) is 2.61. The molecule has 0 spiro atoms. The number of hydrogen-bond donors (Lipinski definition) is 2. The molecule has 0 unspecified atom stereocenters. The molecule has 1 saturated heterocycles. The first kappa shape index (κ1) is 10.8. The van der Waals surface area contributed by atoms with E-state index in [9.17, 15) is 0 Å². The second-order valence-corrected chi connectivity index (χ2v) is 4.81. The molecule has 2 aromatic rings. The van der Waals surface area contributed by atoms with Crippen LogP contribution in [0, 0.1) is 0 Å². The van der Waals surface area contributed by atoms with Crippen molar-refractivity contribution in [3.63, 3.8) is 0 Å². The molecule has 2 atom stereocenters. The Morgan fingerprint density at radius 1 is 1.53 bits per heavy atom. The lowest BCUT2D eigenvalue weighted by molar-refractivity contribution is -0.00190. The minimum Gasteiger partial charge on any atom is -0.393 e. The SMILES string of the molecule is Nc1ncnc2c1ncn2[C@@H]1CS[C@@H](CO)O1. The van der Waals surface area contributed by atoms with E-state index >= 15 is 0 Å². The summed E-state index contributed by atoms with van der Waals surface area (Å²) in [6.45, 7) is 0.00488. The van der Waals surface area contributed by atoms with Gasteiger partial charge in [0.15, 0.2) is 11.5 Å². The van der Waals surface area contributed by atoms with E-state index in [2.05, 4.69) is 15.0 Å². The molecule has 1 aliphatic rings. The van der Waals surface area contributed by atoms with Crippen molar-refractivity contribution in [1.29, 1.82) is 0 Å². The summed E-state index contributed by atoms with van der Waals surface area (Å²) in [5.74, 6) is 1.11. The average molecular weight is 253 g/mol. The highest BCUT2D eigenvalue weighted by atomic mass is 32.2. The lowest BCUT2D eigenvalue weighted by atomic mass is 10.5. The monoisotopic (exact) mass is 253 g/mol. The molecular formula is C9H11N5O2S. The molecule has 0 aromatic carbocycles. The van der Waals surface area contributed by atoms with Gasteiger partial charge in [-0.25, -0.2) is 15.0 Å². The zero-order valence-electron chi connectivity index (χ0n) is 8.85. The summed E-state index contributed by atoms with van der Waals surface area (Å²) in [5, 5.41) is 9.02. The number of thioether (sulfide) groups is 1. The van der Waals surface area contributed by atoms with Crippen molar-refractivity contribution in [2.75, 3.05) is 18.1 Å². The molecule has 0 bridgehead atoms. The van der Waals surface area contributed by atoms with Gasteiger partial charge in [0, 0.05) is 5.75 Å². The first-order valence-electron chi connectivity index (χ1n) is 5.10. The van der Waals surface area contributed by atoms with Gasteiger partial charge >= 0.3 is 0 Å². The smallest absolute Gasteiger partial charge is 0.167 e. The van der Waals surface area contributed by atoms with Gasteiger partial charge in [0.25, 0.3) is 0 Å². The molecule has 3 heterocycles. The zero-order chi connectivity index (χ0) is 11.8. The molecule has 1 fully saturated rings. The minimum absolute atomic E-state index is 0.00488. The Bertz CT molecular complexity index is 545. The van der Waals surface area contributed by atoms with Crippen LogP contribution in [0.2, 0.25) is 0 Å². The third-order valence-electron chi connectivity index (χ3n) is 2.58. The van der Waals surface area contributed by atoms with Crippen molar-refractivity contribution in [2.45, 2.75) is 11.7 Å². The highest BCUT2D eigenvalue weighted by molar-refractivity contribution is 8.00. The molecule has 90 valence electrons. The summed E-state index contributed by atoms with van der Waals surface area (Å²) in [5.41, 5.74) is 6.76. The Morgan fingerprint density at radius 2 is 2.41 bits per heavy atom. The van der Waals surface area contributed by atoms with Crippen molar-refractivity contribution in [3.8, 4) is 0 Å². The highest BCUT2D eigenvalue weighted by Crippen LogP contribution is 2.33. The Hall–Kier alpha value is -1.38. The maximum atomic E-state index is 9.02. The molecule has 8 heteroatoms. The van der Waals surface area contributed by atoms with Crippen LogP contribution in [-0.4, -0.2) is 42.4 Å². The molecule has 0 saturated carbocycles. The van der Waals surface area contributed by atoms with Gasteiger partial charge in [-0.1, -0.05) is 0 Å². The third kappa shape index (κ3) is 1.74. The number of imidazole rings is 1. The summed E-state index contributed by atoms with van der Waals surface area (Å²) in [6, 6.07) is 0. The van der Waals surface area contributed by atoms with Crippen LogP contribution >= 0.6 is 11.8 Å². The van der Waals surface area contributed by atoms with Crippen molar-refractivity contribution >= 4 is 28.7 Å². The maximum Gasteiger partial charge on any atom is 0.167 e. The normalized spacial score (nSPS) is 24.5. The van der Waals surface area contributed by atoms with Crippen LogP contribution in [-0.2, 0) is 4.74 Å². The number of anilines is 1. The van der Waals surface area contributed by atoms with E-state index in [1.807, 2.05) is 4.57 Å². The van der Waals surface area contributed by atoms with E-state index in [1.54, 1.807) is 18.1 Å². The van der Waals surface area contributed by atoms with Gasteiger partial charge < -0.3 is 15.6 Å². The summed E-state index contributed by atoms with van der Waals surface area (Å²) < 4.78 is 7.45. The number of aliphatic hydroxyl groups is 1. The summed E-state index contributed by atoms with van der Waals surface area (Å²) in [7, 11) is 0. The van der Waals surface area contributed by atoms with Crippen LogP contribution in [0.15, 0.2) is 12.7 Å². The molecular weight excluding hydrogens is 242 g/mol. The topological polar surface area (TPSA) is 99.1 Å². The van der Waals surface area contributed by atoms with Crippen LogP contribution in [0.3, 0.4) is 0 Å². The van der Waals surface area contributed by atoms with Crippen LogP contribution in [0.4, 0.5) is 5.82 Å². The number of hydrogen-bond acceptors (Lipinski definition) is 7. The Balaban J connectivity index is 1.99. The Morgan fingerprint density at radius 3 is 3.18 bits per heavy atom. The molecule has 2 aromatic heterocycles. The fraction of sp³-hybridized carbons (Fsp3) is 0.444. The number of nitrogens with zero attached hydrogens (tertiary/aromatic N) is 4. The van der Waals surface area contributed by atoms with E-state index in [0.29, 0.717) is 17.0 Å². The van der Waals surface area contributed by atoms with E-state index < -0.39 is 0 Å². The van der Waals surface area contributed by atoms with Crippen molar-refractivity contribution in [2.24, 2.45) is 0 Å². The lowest BCUT2D eigenvalue weighted by Crippen LogP contribution is -2.14. The number of ether oxygens (including phenoxy) is 1. The lowest BCUT2D eigenvalue weighted by Gasteiger charge is -2.12. The number of fused-ring (bicyclic) bond motifs is 1. The van der Waals surface area contributed by atoms with Crippen LogP contribution in [0.1, 0.15) is 6.23 Å². The molecule has 17 heavy (non-hydrogen) atoms. The first-order valence-corrected chi connectivity index (χ1v) is 6.15. The third-order valence-corrected chi connectivity index (χ3v) is 3.69. The van der Waals surface area contributed by atoms with Gasteiger partial charge in [-0.05, 0) is 0 Å². The van der Waals surface area contributed by atoms with E-state index in [-0.39, 0.29) is 18.3 Å². The Labute approximate surface area is 101 Å². The molecule has 3 N–H and O–H groups in total. The summed E-state index contributed by atoms with van der Waals surface area (Å²) in [4.78, 5) is 12.2. The first-order chi connectivity index (χ1) is 8.29. The quantitative estimate of drug-likeness (QED) is 0.776. The molecule has 0 amide bonds. The van der Waals surface area contributed by atoms with Crippen LogP contribution in [0.25, 0.3) is 11.2 Å². The van der Waals surface area contributed by atoms with Crippen LogP contribution < -0.4 is 5.73 Å². The van der Waals surface area contributed by atoms with Gasteiger partial charge in [-0.15, -0.1) is 11.8 Å². The molecule has 7 nitrogen and oxygen atoms in total. The molecule has 0 radical (unpaired) electrons. The maximum absolute atomic E-state index is 9.02. The minimum atomic E-state index is -0.184. The van der Waals surface area contributed by atoms with Gasteiger partial charge in [0.2, 0.25) is 0 Å². The highest BCUT2D eigenvalue weighted by Gasteiger charge is 2.28.